The summed E-state index contributed by atoms with van der Waals surface area (Å²) in [5, 5.41) is 0.303. The van der Waals surface area contributed by atoms with Gasteiger partial charge in [-0.05, 0) is 23.8 Å². The molecule has 0 radical (unpaired) electrons. The number of fused-ring (bicyclic) bond motifs is 1. The molecule has 1 atom stereocenters. The first-order chi connectivity index (χ1) is 11.9. The van der Waals surface area contributed by atoms with Crippen LogP contribution in [-0.4, -0.2) is 34.9 Å². The van der Waals surface area contributed by atoms with Crippen LogP contribution in [0.3, 0.4) is 0 Å². The third-order valence-electron chi connectivity index (χ3n) is 3.63. The summed E-state index contributed by atoms with van der Waals surface area (Å²) in [4.78, 5) is 9.18. The van der Waals surface area contributed by atoms with E-state index in [1.54, 1.807) is 6.07 Å². The molecule has 132 valence electrons. The SMILES string of the molecule is CN(C)c1ccccc1CS(=O)c1nc2ccc(OC(F)F)cc2[nH]1. The van der Waals surface area contributed by atoms with Crippen molar-refractivity contribution >= 4 is 27.5 Å². The van der Waals surface area contributed by atoms with Crippen LogP contribution in [0.2, 0.25) is 0 Å². The molecule has 0 aliphatic heterocycles. The molecular weight excluding hydrogens is 348 g/mol. The number of nitrogens with zero attached hydrogens (tertiary/aromatic N) is 2. The van der Waals surface area contributed by atoms with Crippen LogP contribution in [-0.2, 0) is 16.6 Å². The average molecular weight is 365 g/mol. The number of anilines is 1. The summed E-state index contributed by atoms with van der Waals surface area (Å²) in [5.41, 5.74) is 2.97. The highest BCUT2D eigenvalue weighted by Gasteiger charge is 2.14. The standard InChI is InChI=1S/C17H17F2N3O2S/c1-22(2)15-6-4-3-5-11(15)10-25(23)17-20-13-8-7-12(24-16(18)19)9-14(13)21-17/h3-9,16H,10H2,1-2H3,(H,20,21). The molecule has 0 aliphatic carbocycles. The lowest BCUT2D eigenvalue weighted by atomic mass is 10.2. The quantitative estimate of drug-likeness (QED) is 0.726. The molecule has 1 aromatic heterocycles. The molecule has 0 amide bonds. The Morgan fingerprint density at radius 1 is 1.24 bits per heavy atom. The monoisotopic (exact) mass is 365 g/mol. The fourth-order valence-electron chi connectivity index (χ4n) is 2.53. The van der Waals surface area contributed by atoms with Gasteiger partial charge in [0.2, 0.25) is 0 Å². The lowest BCUT2D eigenvalue weighted by molar-refractivity contribution is -0.0497. The Kier molecular flexibility index (Phi) is 4.98. The van der Waals surface area contributed by atoms with Crippen molar-refractivity contribution < 1.29 is 17.7 Å². The van der Waals surface area contributed by atoms with E-state index in [1.165, 1.54) is 12.1 Å². The van der Waals surface area contributed by atoms with E-state index in [4.69, 9.17) is 0 Å². The number of nitrogens with one attached hydrogen (secondary N) is 1. The summed E-state index contributed by atoms with van der Waals surface area (Å²) >= 11 is 0. The first-order valence-corrected chi connectivity index (χ1v) is 8.84. The highest BCUT2D eigenvalue weighted by Crippen LogP contribution is 2.24. The summed E-state index contributed by atoms with van der Waals surface area (Å²) in [6.45, 7) is -2.89. The van der Waals surface area contributed by atoms with E-state index in [9.17, 15) is 13.0 Å². The highest BCUT2D eigenvalue weighted by molar-refractivity contribution is 7.84. The van der Waals surface area contributed by atoms with Gasteiger partial charge in [-0.3, -0.25) is 4.21 Å². The first-order valence-electron chi connectivity index (χ1n) is 7.52. The zero-order valence-electron chi connectivity index (χ0n) is 13.7. The van der Waals surface area contributed by atoms with E-state index in [2.05, 4.69) is 14.7 Å². The molecule has 1 heterocycles. The third kappa shape index (κ3) is 3.96. The maximum absolute atomic E-state index is 12.7. The molecule has 8 heteroatoms. The van der Waals surface area contributed by atoms with Crippen molar-refractivity contribution in [2.45, 2.75) is 17.5 Å². The first kappa shape index (κ1) is 17.3. The largest absolute Gasteiger partial charge is 0.435 e. The van der Waals surface area contributed by atoms with Crippen molar-refractivity contribution in [3.05, 3.63) is 48.0 Å². The van der Waals surface area contributed by atoms with Gasteiger partial charge < -0.3 is 14.6 Å². The van der Waals surface area contributed by atoms with Crippen molar-refractivity contribution in [2.24, 2.45) is 0 Å². The van der Waals surface area contributed by atoms with Gasteiger partial charge in [-0.15, -0.1) is 0 Å². The third-order valence-corrected chi connectivity index (χ3v) is 4.83. The van der Waals surface area contributed by atoms with Crippen LogP contribution < -0.4 is 9.64 Å². The predicted molar refractivity (Wildman–Crippen MR) is 93.6 cm³/mol. The van der Waals surface area contributed by atoms with Crippen LogP contribution in [0.4, 0.5) is 14.5 Å². The minimum absolute atomic E-state index is 0.0291. The molecule has 1 unspecified atom stereocenters. The number of imidazole rings is 1. The topological polar surface area (TPSA) is 58.2 Å². The van der Waals surface area contributed by atoms with E-state index in [0.717, 1.165) is 11.3 Å². The Morgan fingerprint density at radius 3 is 2.72 bits per heavy atom. The van der Waals surface area contributed by atoms with E-state index in [1.807, 2.05) is 43.3 Å². The molecule has 0 saturated heterocycles. The molecule has 0 fully saturated rings. The molecule has 3 rings (SSSR count). The molecule has 0 spiro atoms. The number of rotatable bonds is 6. The van der Waals surface area contributed by atoms with E-state index < -0.39 is 17.4 Å². The Balaban J connectivity index is 1.85. The number of aromatic nitrogens is 2. The van der Waals surface area contributed by atoms with Gasteiger partial charge in [0.15, 0.2) is 5.16 Å². The second kappa shape index (κ2) is 7.18. The molecule has 0 bridgehead atoms. The number of alkyl halides is 2. The van der Waals surface area contributed by atoms with Crippen molar-refractivity contribution in [3.8, 4) is 5.75 Å². The zero-order valence-corrected chi connectivity index (χ0v) is 14.5. The number of hydrogen-bond acceptors (Lipinski definition) is 4. The summed E-state index contributed by atoms with van der Waals surface area (Å²) in [7, 11) is 2.45. The maximum atomic E-state index is 12.7. The Labute approximate surface area is 146 Å². The van der Waals surface area contributed by atoms with Crippen LogP contribution >= 0.6 is 0 Å². The van der Waals surface area contributed by atoms with E-state index in [0.29, 0.717) is 21.9 Å². The Hall–Kier alpha value is -2.48. The second-order valence-corrected chi connectivity index (χ2v) is 6.98. The molecule has 2 aromatic carbocycles. The van der Waals surface area contributed by atoms with Gasteiger partial charge in [0.05, 0.1) is 27.6 Å². The van der Waals surface area contributed by atoms with Crippen molar-refractivity contribution in [2.75, 3.05) is 19.0 Å². The van der Waals surface area contributed by atoms with E-state index >= 15 is 0 Å². The predicted octanol–water partition coefficient (Wildman–Crippen LogP) is 3.54. The number of hydrogen-bond donors (Lipinski definition) is 1. The van der Waals surface area contributed by atoms with Crippen LogP contribution in [0.15, 0.2) is 47.6 Å². The number of ether oxygens (including phenoxy) is 1. The van der Waals surface area contributed by atoms with Crippen LogP contribution in [0.1, 0.15) is 5.56 Å². The summed E-state index contributed by atoms with van der Waals surface area (Å²) < 4.78 is 41.6. The molecule has 1 N–H and O–H groups in total. The molecule has 0 aliphatic rings. The highest BCUT2D eigenvalue weighted by atomic mass is 32.2. The van der Waals surface area contributed by atoms with Gasteiger partial charge in [-0.2, -0.15) is 8.78 Å². The molecule has 5 nitrogen and oxygen atoms in total. The lowest BCUT2D eigenvalue weighted by Crippen LogP contribution is -2.12. The number of aromatic amines is 1. The van der Waals surface area contributed by atoms with Crippen molar-refractivity contribution in [1.29, 1.82) is 0 Å². The second-order valence-electron chi connectivity index (χ2n) is 5.61. The number of halogens is 2. The van der Waals surface area contributed by atoms with Gasteiger partial charge in [-0.1, -0.05) is 18.2 Å². The van der Waals surface area contributed by atoms with Crippen LogP contribution in [0, 0.1) is 0 Å². The zero-order chi connectivity index (χ0) is 18.0. The lowest BCUT2D eigenvalue weighted by Gasteiger charge is -2.16. The van der Waals surface area contributed by atoms with Crippen LogP contribution in [0.25, 0.3) is 11.0 Å². The van der Waals surface area contributed by atoms with Gasteiger partial charge in [0.1, 0.15) is 5.75 Å². The average Bonchev–Trinajstić information content (AvgIpc) is 2.98. The smallest absolute Gasteiger partial charge is 0.387 e. The summed E-state index contributed by atoms with van der Waals surface area (Å²) in [6.07, 6.45) is 0. The van der Waals surface area contributed by atoms with Crippen LogP contribution in [0.5, 0.6) is 5.75 Å². The molecule has 3 aromatic rings. The fourth-order valence-corrected chi connectivity index (χ4v) is 3.62. The van der Waals surface area contributed by atoms with Gasteiger partial charge in [-0.25, -0.2) is 4.98 Å². The number of benzene rings is 2. The van der Waals surface area contributed by atoms with Gasteiger partial charge >= 0.3 is 6.61 Å². The molecule has 0 saturated carbocycles. The van der Waals surface area contributed by atoms with Crippen molar-refractivity contribution in [3.63, 3.8) is 0 Å². The summed E-state index contributed by atoms with van der Waals surface area (Å²) in [5.74, 6) is 0.329. The maximum Gasteiger partial charge on any atom is 0.387 e. The minimum Gasteiger partial charge on any atom is -0.435 e. The molecular formula is C17H17F2N3O2S. The normalized spacial score (nSPS) is 12.5. The summed E-state index contributed by atoms with van der Waals surface area (Å²) in [6, 6.07) is 12.1. The van der Waals surface area contributed by atoms with E-state index in [-0.39, 0.29) is 5.75 Å². The van der Waals surface area contributed by atoms with Crippen molar-refractivity contribution in [1.82, 2.24) is 9.97 Å². The van der Waals surface area contributed by atoms with Gasteiger partial charge in [0.25, 0.3) is 0 Å². The molecule has 25 heavy (non-hydrogen) atoms. The Morgan fingerprint density at radius 2 is 2.00 bits per heavy atom. The fraction of sp³-hybridized carbons (Fsp3) is 0.235. The Bertz CT molecular complexity index is 912. The minimum atomic E-state index is -2.89. The number of para-hydroxylation sites is 1. The van der Waals surface area contributed by atoms with Gasteiger partial charge in [0, 0.05) is 25.8 Å². The number of H-pyrrole nitrogens is 1.